The molecule has 1 aliphatic rings. The molecule has 1 aromatic carbocycles. The van der Waals surface area contributed by atoms with Gasteiger partial charge in [-0.2, -0.15) is 0 Å². The van der Waals surface area contributed by atoms with E-state index in [1.54, 1.807) is 6.07 Å². The standard InChI is InChI=1S/C11H15BO3/c1-11(2)5-6-15-10-4-3-8(12(13)14)7-9(10)11/h3-4,7,13-14H,5-6H2,1-2H3. The second-order valence-electron chi connectivity index (χ2n) is 4.61. The van der Waals surface area contributed by atoms with Crippen LogP contribution in [0, 0.1) is 0 Å². The molecule has 2 N–H and O–H groups in total. The molecule has 1 heterocycles. The SMILES string of the molecule is CC1(C)CCOc2ccc(B(O)O)cc21. The summed E-state index contributed by atoms with van der Waals surface area (Å²) in [7, 11) is -1.41. The van der Waals surface area contributed by atoms with Crippen LogP contribution in [0.1, 0.15) is 25.8 Å². The average molecular weight is 206 g/mol. The van der Waals surface area contributed by atoms with E-state index < -0.39 is 7.12 Å². The van der Waals surface area contributed by atoms with E-state index in [0.717, 1.165) is 24.3 Å². The number of benzene rings is 1. The van der Waals surface area contributed by atoms with E-state index in [4.69, 9.17) is 14.8 Å². The van der Waals surface area contributed by atoms with Crippen LogP contribution in [0.5, 0.6) is 5.75 Å². The van der Waals surface area contributed by atoms with Crippen LogP contribution in [0.3, 0.4) is 0 Å². The summed E-state index contributed by atoms with van der Waals surface area (Å²) >= 11 is 0. The van der Waals surface area contributed by atoms with Crippen molar-refractivity contribution in [3.05, 3.63) is 23.8 Å². The molecule has 0 fully saturated rings. The molecule has 0 bridgehead atoms. The van der Waals surface area contributed by atoms with E-state index in [1.807, 2.05) is 12.1 Å². The second-order valence-corrected chi connectivity index (χ2v) is 4.61. The van der Waals surface area contributed by atoms with Gasteiger partial charge in [0.1, 0.15) is 5.75 Å². The number of hydrogen-bond acceptors (Lipinski definition) is 3. The molecule has 1 aromatic rings. The average Bonchev–Trinajstić information content (AvgIpc) is 2.17. The first-order valence-corrected chi connectivity index (χ1v) is 5.14. The molecule has 1 aliphatic heterocycles. The van der Waals surface area contributed by atoms with Crippen LogP contribution in [0.2, 0.25) is 0 Å². The molecule has 0 amide bonds. The Balaban J connectivity index is 2.49. The second kappa shape index (κ2) is 3.54. The fraction of sp³-hybridized carbons (Fsp3) is 0.455. The Kier molecular flexibility index (Phi) is 2.48. The maximum absolute atomic E-state index is 9.11. The number of rotatable bonds is 1. The predicted octanol–water partition coefficient (Wildman–Crippen LogP) is 0.426. The summed E-state index contributed by atoms with van der Waals surface area (Å²) < 4.78 is 5.53. The van der Waals surface area contributed by atoms with Gasteiger partial charge in [-0.1, -0.05) is 26.0 Å². The molecule has 15 heavy (non-hydrogen) atoms. The number of fused-ring (bicyclic) bond motifs is 1. The predicted molar refractivity (Wildman–Crippen MR) is 59.4 cm³/mol. The van der Waals surface area contributed by atoms with Crippen LogP contribution in [0.25, 0.3) is 0 Å². The van der Waals surface area contributed by atoms with Gasteiger partial charge in [0.2, 0.25) is 0 Å². The van der Waals surface area contributed by atoms with Crippen LogP contribution in [0.4, 0.5) is 0 Å². The molecule has 3 nitrogen and oxygen atoms in total. The number of hydrogen-bond donors (Lipinski definition) is 2. The molecule has 0 atom stereocenters. The molecule has 0 radical (unpaired) electrons. The van der Waals surface area contributed by atoms with Crippen molar-refractivity contribution >= 4 is 12.6 Å². The fourth-order valence-electron chi connectivity index (χ4n) is 1.91. The summed E-state index contributed by atoms with van der Waals surface area (Å²) in [5.41, 5.74) is 1.62. The first-order chi connectivity index (χ1) is 7.00. The quantitative estimate of drug-likeness (QED) is 0.655. The van der Waals surface area contributed by atoms with Gasteiger partial charge in [-0.15, -0.1) is 0 Å². The van der Waals surface area contributed by atoms with Crippen LogP contribution >= 0.6 is 0 Å². The molecular formula is C11H15BO3. The van der Waals surface area contributed by atoms with Crippen LogP contribution < -0.4 is 10.2 Å². The largest absolute Gasteiger partial charge is 0.493 e. The van der Waals surface area contributed by atoms with Gasteiger partial charge in [0.05, 0.1) is 6.61 Å². The zero-order valence-electron chi connectivity index (χ0n) is 9.03. The Bertz CT molecular complexity index is 374. The van der Waals surface area contributed by atoms with Crippen molar-refractivity contribution in [2.24, 2.45) is 0 Å². The van der Waals surface area contributed by atoms with E-state index in [-0.39, 0.29) is 5.41 Å². The van der Waals surface area contributed by atoms with E-state index in [2.05, 4.69) is 13.8 Å². The molecular weight excluding hydrogens is 191 g/mol. The summed E-state index contributed by atoms with van der Waals surface area (Å²) in [6.45, 7) is 5.00. The zero-order chi connectivity index (χ0) is 11.1. The minimum absolute atomic E-state index is 0.0402. The van der Waals surface area contributed by atoms with E-state index in [9.17, 15) is 0 Å². The van der Waals surface area contributed by atoms with Gasteiger partial charge in [0.15, 0.2) is 0 Å². The highest BCUT2D eigenvalue weighted by Crippen LogP contribution is 2.37. The van der Waals surface area contributed by atoms with Gasteiger partial charge in [-0.25, -0.2) is 0 Å². The molecule has 0 aromatic heterocycles. The molecule has 4 heteroatoms. The summed E-state index contributed by atoms with van der Waals surface area (Å²) in [6.07, 6.45) is 0.949. The smallest absolute Gasteiger partial charge is 0.488 e. The molecule has 0 saturated heterocycles. The maximum Gasteiger partial charge on any atom is 0.488 e. The lowest BCUT2D eigenvalue weighted by Crippen LogP contribution is -2.34. The summed E-state index contributed by atoms with van der Waals surface area (Å²) in [5, 5.41) is 18.2. The Morgan fingerprint density at radius 2 is 2.07 bits per heavy atom. The third-order valence-electron chi connectivity index (χ3n) is 3.02. The van der Waals surface area contributed by atoms with Gasteiger partial charge < -0.3 is 14.8 Å². The van der Waals surface area contributed by atoms with E-state index in [0.29, 0.717) is 5.46 Å². The summed E-state index contributed by atoms with van der Waals surface area (Å²) in [4.78, 5) is 0. The Labute approximate surface area is 89.8 Å². The van der Waals surface area contributed by atoms with Crippen molar-refractivity contribution < 1.29 is 14.8 Å². The van der Waals surface area contributed by atoms with Crippen molar-refractivity contribution in [3.8, 4) is 5.75 Å². The zero-order valence-corrected chi connectivity index (χ0v) is 9.03. The fourth-order valence-corrected chi connectivity index (χ4v) is 1.91. The van der Waals surface area contributed by atoms with Crippen molar-refractivity contribution in [3.63, 3.8) is 0 Å². The Morgan fingerprint density at radius 1 is 1.33 bits per heavy atom. The van der Waals surface area contributed by atoms with E-state index in [1.165, 1.54) is 0 Å². The lowest BCUT2D eigenvalue weighted by molar-refractivity contribution is 0.234. The third-order valence-corrected chi connectivity index (χ3v) is 3.02. The monoisotopic (exact) mass is 206 g/mol. The Hall–Kier alpha value is -0.995. The van der Waals surface area contributed by atoms with Crippen molar-refractivity contribution in [2.75, 3.05) is 6.61 Å². The number of ether oxygens (including phenoxy) is 1. The molecule has 0 spiro atoms. The molecule has 2 rings (SSSR count). The molecule has 0 unspecified atom stereocenters. The first-order valence-electron chi connectivity index (χ1n) is 5.14. The molecule has 80 valence electrons. The summed E-state index contributed by atoms with van der Waals surface area (Å²) in [5.74, 6) is 0.857. The van der Waals surface area contributed by atoms with Crippen molar-refractivity contribution in [1.82, 2.24) is 0 Å². The normalized spacial score (nSPS) is 17.9. The minimum atomic E-state index is -1.41. The minimum Gasteiger partial charge on any atom is -0.493 e. The van der Waals surface area contributed by atoms with Gasteiger partial charge in [0.25, 0.3) is 0 Å². The van der Waals surface area contributed by atoms with Gasteiger partial charge in [-0.3, -0.25) is 0 Å². The highest BCUT2D eigenvalue weighted by atomic mass is 16.5. The topological polar surface area (TPSA) is 49.7 Å². The maximum atomic E-state index is 9.11. The van der Waals surface area contributed by atoms with Gasteiger partial charge in [-0.05, 0) is 28.9 Å². The lowest BCUT2D eigenvalue weighted by Gasteiger charge is -2.32. The Morgan fingerprint density at radius 3 is 2.73 bits per heavy atom. The van der Waals surface area contributed by atoms with Gasteiger partial charge in [0, 0.05) is 0 Å². The summed E-state index contributed by atoms with van der Waals surface area (Å²) in [6, 6.07) is 5.31. The van der Waals surface area contributed by atoms with Crippen LogP contribution in [-0.4, -0.2) is 23.8 Å². The van der Waals surface area contributed by atoms with Crippen molar-refractivity contribution in [2.45, 2.75) is 25.7 Å². The highest BCUT2D eigenvalue weighted by Gasteiger charge is 2.29. The van der Waals surface area contributed by atoms with E-state index >= 15 is 0 Å². The first kappa shape index (κ1) is 10.5. The van der Waals surface area contributed by atoms with Crippen molar-refractivity contribution in [1.29, 1.82) is 0 Å². The third kappa shape index (κ3) is 1.87. The highest BCUT2D eigenvalue weighted by molar-refractivity contribution is 6.58. The lowest BCUT2D eigenvalue weighted by atomic mass is 9.73. The molecule has 0 saturated carbocycles. The molecule has 0 aliphatic carbocycles. The van der Waals surface area contributed by atoms with Crippen LogP contribution in [0.15, 0.2) is 18.2 Å². The van der Waals surface area contributed by atoms with Crippen LogP contribution in [-0.2, 0) is 5.41 Å². The van der Waals surface area contributed by atoms with Gasteiger partial charge >= 0.3 is 7.12 Å².